The van der Waals surface area contributed by atoms with Gasteiger partial charge in [0, 0.05) is 14.1 Å². The second-order valence-corrected chi connectivity index (χ2v) is 4.24. The summed E-state index contributed by atoms with van der Waals surface area (Å²) < 4.78 is 3.05. The SMILES string of the molecule is Cn1c(=O)n(C)c2cc(C=NNC(N)=N[N+](=O)[O-])ccc21. The molecule has 0 amide bonds. The van der Waals surface area contributed by atoms with Crippen LogP contribution in [-0.4, -0.2) is 26.3 Å². The molecule has 0 unspecified atom stereocenters. The standard InChI is InChI=1S/C11H13N7O3/c1-16-8-4-3-7(5-9(8)17(2)11(16)19)6-13-14-10(12)15-18(20)21/h3-6H,1-2H3,(H3,12,14,15). The van der Waals surface area contributed by atoms with Gasteiger partial charge in [-0.25, -0.2) is 20.3 Å². The van der Waals surface area contributed by atoms with Crippen molar-refractivity contribution in [3.05, 3.63) is 44.4 Å². The van der Waals surface area contributed by atoms with Gasteiger partial charge in [-0.05, 0) is 17.7 Å². The van der Waals surface area contributed by atoms with Crippen molar-refractivity contribution in [2.75, 3.05) is 0 Å². The Balaban J connectivity index is 2.26. The van der Waals surface area contributed by atoms with Crippen LogP contribution in [0.5, 0.6) is 0 Å². The number of hydrazone groups is 2. The summed E-state index contributed by atoms with van der Waals surface area (Å²) in [5.41, 5.74) is 9.55. The summed E-state index contributed by atoms with van der Waals surface area (Å²) in [5, 5.41) is 15.7. The Morgan fingerprint density at radius 1 is 1.38 bits per heavy atom. The van der Waals surface area contributed by atoms with Crippen molar-refractivity contribution >= 4 is 23.2 Å². The highest BCUT2D eigenvalue weighted by molar-refractivity contribution is 5.88. The Labute approximate surface area is 118 Å². The largest absolute Gasteiger partial charge is 0.363 e. The van der Waals surface area contributed by atoms with Crippen molar-refractivity contribution in [2.45, 2.75) is 0 Å². The minimum Gasteiger partial charge on any atom is -0.363 e. The molecule has 3 N–H and O–H groups in total. The topological polar surface area (TPSA) is 133 Å². The van der Waals surface area contributed by atoms with Crippen LogP contribution >= 0.6 is 0 Å². The van der Waals surface area contributed by atoms with E-state index in [0.29, 0.717) is 5.56 Å². The number of nitro groups is 1. The molecule has 1 heterocycles. The minimum atomic E-state index is -0.927. The molecule has 1 aromatic heterocycles. The molecule has 0 saturated heterocycles. The third-order valence-corrected chi connectivity index (χ3v) is 2.88. The van der Waals surface area contributed by atoms with Crippen molar-refractivity contribution in [3.63, 3.8) is 0 Å². The lowest BCUT2D eigenvalue weighted by Crippen LogP contribution is -2.28. The van der Waals surface area contributed by atoms with Crippen LogP contribution in [0.2, 0.25) is 0 Å². The molecule has 10 nitrogen and oxygen atoms in total. The second-order valence-electron chi connectivity index (χ2n) is 4.24. The maximum atomic E-state index is 11.8. The monoisotopic (exact) mass is 291 g/mol. The first-order chi connectivity index (χ1) is 9.90. The Morgan fingerprint density at radius 3 is 2.71 bits per heavy atom. The molecular formula is C11H13N7O3. The number of aryl methyl sites for hydroxylation is 2. The van der Waals surface area contributed by atoms with Gasteiger partial charge in [0.25, 0.3) is 5.96 Å². The van der Waals surface area contributed by atoms with E-state index in [-0.39, 0.29) is 5.69 Å². The summed E-state index contributed by atoms with van der Waals surface area (Å²) in [6.07, 6.45) is 1.42. The molecule has 0 fully saturated rings. The molecule has 0 atom stereocenters. The summed E-state index contributed by atoms with van der Waals surface area (Å²) in [6, 6.07) is 5.31. The van der Waals surface area contributed by atoms with Crippen LogP contribution in [0.4, 0.5) is 0 Å². The van der Waals surface area contributed by atoms with Crippen LogP contribution in [-0.2, 0) is 14.1 Å². The van der Waals surface area contributed by atoms with Crippen LogP contribution in [0.25, 0.3) is 11.0 Å². The molecule has 10 heteroatoms. The zero-order valence-corrected chi connectivity index (χ0v) is 11.3. The van der Waals surface area contributed by atoms with Gasteiger partial charge in [0.2, 0.25) is 0 Å². The fraction of sp³-hybridized carbons (Fsp3) is 0.182. The van der Waals surface area contributed by atoms with Crippen molar-refractivity contribution in [3.8, 4) is 0 Å². The lowest BCUT2D eigenvalue weighted by Gasteiger charge is -1.98. The van der Waals surface area contributed by atoms with Gasteiger partial charge in [-0.3, -0.25) is 9.13 Å². The van der Waals surface area contributed by atoms with Crippen LogP contribution in [0, 0.1) is 10.1 Å². The molecule has 21 heavy (non-hydrogen) atoms. The molecule has 0 spiro atoms. The molecule has 0 saturated carbocycles. The fourth-order valence-corrected chi connectivity index (χ4v) is 1.89. The Kier molecular flexibility index (Phi) is 3.69. The van der Waals surface area contributed by atoms with Gasteiger partial charge in [-0.2, -0.15) is 5.10 Å². The normalized spacial score (nSPS) is 12.2. The zero-order valence-electron chi connectivity index (χ0n) is 11.3. The number of rotatable bonds is 3. The Morgan fingerprint density at radius 2 is 2.05 bits per heavy atom. The van der Waals surface area contributed by atoms with Gasteiger partial charge in [0.15, 0.2) is 5.03 Å². The first-order valence-corrected chi connectivity index (χ1v) is 5.83. The number of nitrogens with two attached hydrogens (primary N) is 1. The highest BCUT2D eigenvalue weighted by atomic mass is 16.7. The van der Waals surface area contributed by atoms with E-state index in [4.69, 9.17) is 5.73 Å². The van der Waals surface area contributed by atoms with E-state index in [9.17, 15) is 14.9 Å². The van der Waals surface area contributed by atoms with E-state index in [1.165, 1.54) is 15.3 Å². The Bertz CT molecular complexity index is 815. The van der Waals surface area contributed by atoms with E-state index >= 15 is 0 Å². The summed E-state index contributed by atoms with van der Waals surface area (Å²) >= 11 is 0. The summed E-state index contributed by atoms with van der Waals surface area (Å²) in [6.45, 7) is 0. The first kappa shape index (κ1) is 14.2. The number of nitrogens with zero attached hydrogens (tertiary/aromatic N) is 5. The third-order valence-electron chi connectivity index (χ3n) is 2.88. The number of hydrogen-bond donors (Lipinski definition) is 2. The molecule has 110 valence electrons. The average Bonchev–Trinajstić information content (AvgIpc) is 2.63. The predicted molar refractivity (Wildman–Crippen MR) is 77.5 cm³/mol. The van der Waals surface area contributed by atoms with Crippen molar-refractivity contribution < 1.29 is 5.03 Å². The van der Waals surface area contributed by atoms with Gasteiger partial charge in [-0.1, -0.05) is 6.07 Å². The summed E-state index contributed by atoms with van der Waals surface area (Å²) in [5.74, 6) is -0.426. The van der Waals surface area contributed by atoms with Crippen molar-refractivity contribution in [2.24, 2.45) is 30.0 Å². The maximum Gasteiger partial charge on any atom is 0.328 e. The molecule has 0 aliphatic rings. The van der Waals surface area contributed by atoms with E-state index in [0.717, 1.165) is 11.0 Å². The van der Waals surface area contributed by atoms with Crippen molar-refractivity contribution in [1.29, 1.82) is 0 Å². The highest BCUT2D eigenvalue weighted by Gasteiger charge is 2.07. The number of guanidine groups is 1. The number of aromatic nitrogens is 2. The molecule has 2 aromatic rings. The number of fused-ring (bicyclic) bond motifs is 1. The van der Waals surface area contributed by atoms with E-state index in [1.54, 1.807) is 32.3 Å². The third kappa shape index (κ3) is 2.88. The number of benzene rings is 1. The molecule has 0 aliphatic carbocycles. The molecule has 0 bridgehead atoms. The maximum absolute atomic E-state index is 11.8. The van der Waals surface area contributed by atoms with Crippen LogP contribution in [0.1, 0.15) is 5.56 Å². The second kappa shape index (κ2) is 5.45. The zero-order chi connectivity index (χ0) is 15.6. The molecule has 0 aliphatic heterocycles. The lowest BCUT2D eigenvalue weighted by molar-refractivity contribution is -0.485. The van der Waals surface area contributed by atoms with Gasteiger partial charge < -0.3 is 5.73 Å². The minimum absolute atomic E-state index is 0.125. The number of imidazole rings is 1. The van der Waals surface area contributed by atoms with Crippen molar-refractivity contribution in [1.82, 2.24) is 14.6 Å². The fourth-order valence-electron chi connectivity index (χ4n) is 1.89. The molecule has 1 aromatic carbocycles. The predicted octanol–water partition coefficient (Wildman–Crippen LogP) is -0.693. The highest BCUT2D eigenvalue weighted by Crippen LogP contribution is 2.12. The Hall–Kier alpha value is -3.17. The average molecular weight is 291 g/mol. The van der Waals surface area contributed by atoms with E-state index in [1.807, 2.05) is 0 Å². The van der Waals surface area contributed by atoms with Crippen LogP contribution in [0.3, 0.4) is 0 Å². The first-order valence-electron chi connectivity index (χ1n) is 5.83. The van der Waals surface area contributed by atoms with Gasteiger partial charge >= 0.3 is 5.69 Å². The van der Waals surface area contributed by atoms with Crippen LogP contribution in [0.15, 0.2) is 33.2 Å². The molecule has 0 radical (unpaired) electrons. The smallest absolute Gasteiger partial charge is 0.328 e. The van der Waals surface area contributed by atoms with Gasteiger partial charge in [0.05, 0.1) is 17.2 Å². The van der Waals surface area contributed by atoms with E-state index in [2.05, 4.69) is 15.6 Å². The lowest BCUT2D eigenvalue weighted by atomic mass is 10.2. The molecular weight excluding hydrogens is 278 g/mol. The number of hydrogen-bond acceptors (Lipinski definition) is 4. The van der Waals surface area contributed by atoms with Gasteiger partial charge in [-0.15, -0.1) is 0 Å². The van der Waals surface area contributed by atoms with Gasteiger partial charge in [0.1, 0.15) is 5.10 Å². The number of nitrogens with one attached hydrogen (secondary N) is 1. The summed E-state index contributed by atoms with van der Waals surface area (Å²) in [7, 11) is 3.36. The van der Waals surface area contributed by atoms with E-state index < -0.39 is 11.0 Å². The molecule has 2 rings (SSSR count). The summed E-state index contributed by atoms with van der Waals surface area (Å²) in [4.78, 5) is 21.9. The quantitative estimate of drug-likeness (QED) is 0.334. The van der Waals surface area contributed by atoms with Crippen LogP contribution < -0.4 is 16.8 Å².